The zero-order valence-corrected chi connectivity index (χ0v) is 17.8. The van der Waals surface area contributed by atoms with Crippen molar-refractivity contribution in [3.63, 3.8) is 0 Å². The van der Waals surface area contributed by atoms with Crippen LogP contribution in [0.25, 0.3) is 0 Å². The summed E-state index contributed by atoms with van der Waals surface area (Å²) >= 11 is 11.7. The van der Waals surface area contributed by atoms with Crippen molar-refractivity contribution in [2.24, 2.45) is 0 Å². The van der Waals surface area contributed by atoms with Crippen LogP contribution in [0.3, 0.4) is 0 Å². The van der Waals surface area contributed by atoms with Gasteiger partial charge < -0.3 is 15.0 Å². The second kappa shape index (κ2) is 8.20. The summed E-state index contributed by atoms with van der Waals surface area (Å²) in [5.74, 6) is 0.677. The Hall–Kier alpha value is -2.57. The molecule has 0 unspecified atom stereocenters. The van der Waals surface area contributed by atoms with E-state index in [0.717, 1.165) is 22.7 Å². The highest BCUT2D eigenvalue weighted by Gasteiger charge is 2.35. The van der Waals surface area contributed by atoms with Gasteiger partial charge in [0.2, 0.25) is 0 Å². The highest BCUT2D eigenvalue weighted by molar-refractivity contribution is 7.80. The molecule has 0 fully saturated rings. The molecular formula is C21H22ClN3O2S. The first-order valence-corrected chi connectivity index (χ1v) is 9.54. The minimum absolute atomic E-state index is 0.0778. The molecule has 1 heterocycles. The number of carbonyl (C=O) groups is 1. The number of thiocarbonyl (C=S) groups is 1. The number of ether oxygens (including phenoxy) is 1. The topological polar surface area (TPSA) is 44.8 Å². The van der Waals surface area contributed by atoms with Gasteiger partial charge in [0.05, 0.1) is 18.7 Å². The standard InChI is InChI=1S/C21H22ClN3O2S/c1-13-18(20(26)24(2)3)19(14-5-7-15(22)8-6-14)23-21(28)25(13)16-9-11-17(27-4)12-10-16/h5-12,19H,1-4H3,(H,23,28)/t19-/m1/s1. The fourth-order valence-corrected chi connectivity index (χ4v) is 3.69. The first-order valence-electron chi connectivity index (χ1n) is 8.76. The number of anilines is 1. The van der Waals surface area contributed by atoms with Crippen LogP contribution in [-0.2, 0) is 4.79 Å². The molecule has 0 aromatic heterocycles. The second-order valence-electron chi connectivity index (χ2n) is 6.67. The van der Waals surface area contributed by atoms with Gasteiger partial charge in [0, 0.05) is 30.5 Å². The van der Waals surface area contributed by atoms with Crippen LogP contribution in [-0.4, -0.2) is 37.1 Å². The van der Waals surface area contributed by atoms with Gasteiger partial charge in [-0.1, -0.05) is 23.7 Å². The second-order valence-corrected chi connectivity index (χ2v) is 7.49. The summed E-state index contributed by atoms with van der Waals surface area (Å²) in [7, 11) is 5.11. The lowest BCUT2D eigenvalue weighted by molar-refractivity contribution is -0.125. The third kappa shape index (κ3) is 3.84. The van der Waals surface area contributed by atoms with Crippen LogP contribution in [0.2, 0.25) is 5.02 Å². The lowest BCUT2D eigenvalue weighted by Crippen LogP contribution is -2.49. The molecule has 0 spiro atoms. The molecular weight excluding hydrogens is 394 g/mol. The van der Waals surface area contributed by atoms with E-state index in [1.54, 1.807) is 26.1 Å². The predicted octanol–water partition coefficient (Wildman–Crippen LogP) is 4.15. The number of nitrogens with zero attached hydrogens (tertiary/aromatic N) is 2. The predicted molar refractivity (Wildman–Crippen MR) is 117 cm³/mol. The molecule has 0 saturated heterocycles. The molecule has 1 N–H and O–H groups in total. The number of halogens is 1. The SMILES string of the molecule is COc1ccc(N2C(=S)N[C@H](c3ccc(Cl)cc3)C(C(=O)N(C)C)=C2C)cc1. The van der Waals surface area contributed by atoms with Crippen molar-refractivity contribution in [2.45, 2.75) is 13.0 Å². The van der Waals surface area contributed by atoms with E-state index in [9.17, 15) is 4.79 Å². The van der Waals surface area contributed by atoms with Gasteiger partial charge in [-0.25, -0.2) is 0 Å². The fraction of sp³-hybridized carbons (Fsp3) is 0.238. The Morgan fingerprint density at radius 3 is 2.29 bits per heavy atom. The zero-order chi connectivity index (χ0) is 20.4. The van der Waals surface area contributed by atoms with Crippen molar-refractivity contribution >= 4 is 40.5 Å². The molecule has 0 bridgehead atoms. The van der Waals surface area contributed by atoms with Crippen LogP contribution >= 0.6 is 23.8 Å². The number of methoxy groups -OCH3 is 1. The van der Waals surface area contributed by atoms with E-state index in [2.05, 4.69) is 5.32 Å². The van der Waals surface area contributed by atoms with Gasteiger partial charge in [-0.2, -0.15) is 0 Å². The third-order valence-electron chi connectivity index (χ3n) is 4.66. The molecule has 1 atom stereocenters. The lowest BCUT2D eigenvalue weighted by atomic mass is 9.94. The molecule has 3 rings (SSSR count). The summed E-state index contributed by atoms with van der Waals surface area (Å²) in [5, 5.41) is 4.49. The molecule has 2 aromatic rings. The van der Waals surface area contributed by atoms with E-state index >= 15 is 0 Å². The molecule has 1 amide bonds. The number of likely N-dealkylation sites (N-methyl/N-ethyl adjacent to an activating group) is 1. The molecule has 5 nitrogen and oxygen atoms in total. The van der Waals surface area contributed by atoms with Crippen LogP contribution in [0.5, 0.6) is 5.75 Å². The monoisotopic (exact) mass is 415 g/mol. The van der Waals surface area contributed by atoms with Crippen LogP contribution < -0.4 is 15.0 Å². The largest absolute Gasteiger partial charge is 0.497 e. The highest BCUT2D eigenvalue weighted by atomic mass is 35.5. The molecule has 7 heteroatoms. The van der Waals surface area contributed by atoms with Crippen molar-refractivity contribution in [3.05, 3.63) is 70.4 Å². The molecule has 0 aliphatic carbocycles. The van der Waals surface area contributed by atoms with Gasteiger partial charge in [-0.3, -0.25) is 9.69 Å². The normalized spacial score (nSPS) is 16.7. The average molecular weight is 416 g/mol. The fourth-order valence-electron chi connectivity index (χ4n) is 3.21. The Bertz CT molecular complexity index is 924. The molecule has 1 aliphatic heterocycles. The maximum absolute atomic E-state index is 13.1. The number of carbonyl (C=O) groups excluding carboxylic acids is 1. The van der Waals surface area contributed by atoms with E-state index in [0.29, 0.717) is 15.7 Å². The number of benzene rings is 2. The van der Waals surface area contributed by atoms with E-state index in [4.69, 9.17) is 28.6 Å². The van der Waals surface area contributed by atoms with Crippen LogP contribution in [0.4, 0.5) is 5.69 Å². The Labute approximate surface area is 175 Å². The number of allylic oxidation sites excluding steroid dienone is 1. The Morgan fingerprint density at radius 1 is 1.14 bits per heavy atom. The van der Waals surface area contributed by atoms with Gasteiger partial charge in [0.25, 0.3) is 5.91 Å². The Kier molecular flexibility index (Phi) is 5.91. The van der Waals surface area contributed by atoms with Gasteiger partial charge in [0.1, 0.15) is 5.75 Å². The minimum Gasteiger partial charge on any atom is -0.497 e. The molecule has 0 saturated carbocycles. The van der Waals surface area contributed by atoms with Gasteiger partial charge in [0.15, 0.2) is 5.11 Å². The van der Waals surface area contributed by atoms with Gasteiger partial charge in [-0.15, -0.1) is 0 Å². The zero-order valence-electron chi connectivity index (χ0n) is 16.2. The first-order chi connectivity index (χ1) is 13.3. The van der Waals surface area contributed by atoms with Crippen LogP contribution in [0.1, 0.15) is 18.5 Å². The van der Waals surface area contributed by atoms with E-state index in [-0.39, 0.29) is 11.9 Å². The molecule has 0 radical (unpaired) electrons. The summed E-state index contributed by atoms with van der Waals surface area (Å²) in [5.41, 5.74) is 3.20. The minimum atomic E-state index is -0.353. The summed E-state index contributed by atoms with van der Waals surface area (Å²) in [6, 6.07) is 14.6. The number of rotatable bonds is 4. The maximum atomic E-state index is 13.1. The number of amides is 1. The molecule has 146 valence electrons. The van der Waals surface area contributed by atoms with Crippen molar-refractivity contribution in [3.8, 4) is 5.75 Å². The van der Waals surface area contributed by atoms with Crippen molar-refractivity contribution in [1.29, 1.82) is 0 Å². The molecule has 2 aromatic carbocycles. The van der Waals surface area contributed by atoms with E-state index in [1.165, 1.54) is 0 Å². The smallest absolute Gasteiger partial charge is 0.253 e. The van der Waals surface area contributed by atoms with E-state index < -0.39 is 0 Å². The summed E-state index contributed by atoms with van der Waals surface area (Å²) in [4.78, 5) is 16.5. The third-order valence-corrected chi connectivity index (χ3v) is 5.21. The number of hydrogen-bond donors (Lipinski definition) is 1. The quantitative estimate of drug-likeness (QED) is 0.760. The van der Waals surface area contributed by atoms with Crippen LogP contribution in [0, 0.1) is 0 Å². The average Bonchev–Trinajstić information content (AvgIpc) is 2.68. The summed E-state index contributed by atoms with van der Waals surface area (Å²) in [6.45, 7) is 1.91. The number of nitrogens with one attached hydrogen (secondary N) is 1. The van der Waals surface area contributed by atoms with E-state index in [1.807, 2.05) is 60.4 Å². The van der Waals surface area contributed by atoms with Gasteiger partial charge >= 0.3 is 0 Å². The number of hydrogen-bond acceptors (Lipinski definition) is 3. The van der Waals surface area contributed by atoms with Crippen LogP contribution in [0.15, 0.2) is 59.8 Å². The lowest BCUT2D eigenvalue weighted by Gasteiger charge is -2.38. The Morgan fingerprint density at radius 2 is 1.75 bits per heavy atom. The molecule has 28 heavy (non-hydrogen) atoms. The highest BCUT2D eigenvalue weighted by Crippen LogP contribution is 2.35. The van der Waals surface area contributed by atoms with Gasteiger partial charge in [-0.05, 0) is 61.1 Å². The van der Waals surface area contributed by atoms with Crippen molar-refractivity contribution < 1.29 is 9.53 Å². The Balaban J connectivity index is 2.12. The molecule has 1 aliphatic rings. The first kappa shape index (κ1) is 20.2. The van der Waals surface area contributed by atoms with Crippen molar-refractivity contribution in [2.75, 3.05) is 26.1 Å². The summed E-state index contributed by atoms with van der Waals surface area (Å²) < 4.78 is 5.23. The summed E-state index contributed by atoms with van der Waals surface area (Å²) in [6.07, 6.45) is 0. The van der Waals surface area contributed by atoms with Crippen molar-refractivity contribution in [1.82, 2.24) is 10.2 Å². The maximum Gasteiger partial charge on any atom is 0.253 e.